The van der Waals surface area contributed by atoms with Gasteiger partial charge in [0.2, 0.25) is 0 Å². The van der Waals surface area contributed by atoms with Crippen molar-refractivity contribution in [2.75, 3.05) is 0 Å². The molecule has 2 rings (SSSR count). The Hall–Kier alpha value is -0.496. The van der Waals surface area contributed by atoms with Crippen LogP contribution in [0, 0.1) is 18.9 Å². The van der Waals surface area contributed by atoms with Crippen molar-refractivity contribution in [1.29, 1.82) is 0 Å². The minimum absolute atomic E-state index is 0. The Labute approximate surface area is 163 Å². The van der Waals surface area contributed by atoms with Gasteiger partial charge in [0, 0.05) is 21.7 Å². The molecule has 23 heavy (non-hydrogen) atoms. The van der Waals surface area contributed by atoms with Crippen LogP contribution in [0.3, 0.4) is 0 Å². The van der Waals surface area contributed by atoms with Crippen LogP contribution < -0.4 is 0 Å². The molecule has 1 aromatic rings. The van der Waals surface area contributed by atoms with E-state index in [9.17, 15) is 5.11 Å². The molecule has 1 atom stereocenters. The summed E-state index contributed by atoms with van der Waals surface area (Å²) in [5.41, 5.74) is 6.65. The summed E-state index contributed by atoms with van der Waals surface area (Å²) in [6.45, 7) is 17.1. The molecule has 3 heteroatoms. The zero-order chi connectivity index (χ0) is 16.4. The number of halogens is 1. The average Bonchev–Trinajstić information content (AvgIpc) is 2.55. The molecule has 0 aliphatic heterocycles. The quantitative estimate of drug-likeness (QED) is 0.430. The second-order valence-corrected chi connectivity index (χ2v) is 7.11. The fourth-order valence-corrected chi connectivity index (χ4v) is 2.36. The Morgan fingerprint density at radius 3 is 1.78 bits per heavy atom. The molecule has 0 radical (unpaired) electrons. The standard InChI is InChI=1S/C11H16O.C9H13.ClH.Ti/c1-8-5-9(11(2,3)4)7-10(12)6-8;1-6-5-7(2)9(4)8(6)3;;/h5-7,12H,1-4H3;6H,1-4H3;1H;/q;-1;;. The molecule has 1 unspecified atom stereocenters. The number of benzene rings is 1. The van der Waals surface area contributed by atoms with Crippen LogP contribution in [0.15, 0.2) is 34.9 Å². The molecule has 0 saturated carbocycles. The number of rotatable bonds is 0. The molecule has 0 heterocycles. The number of phenolic OH excluding ortho intramolecular Hbond substituents is 1. The van der Waals surface area contributed by atoms with Gasteiger partial charge >= 0.3 is 0 Å². The zero-order valence-electron chi connectivity index (χ0n) is 15.7. The van der Waals surface area contributed by atoms with Crippen molar-refractivity contribution in [2.24, 2.45) is 5.92 Å². The van der Waals surface area contributed by atoms with Gasteiger partial charge in [0.05, 0.1) is 0 Å². The van der Waals surface area contributed by atoms with Crippen LogP contribution >= 0.6 is 12.4 Å². The van der Waals surface area contributed by atoms with E-state index in [1.54, 1.807) is 6.07 Å². The Balaban J connectivity index is 0. The third-order valence-electron chi connectivity index (χ3n) is 4.16. The molecule has 0 aromatic heterocycles. The third-order valence-corrected chi connectivity index (χ3v) is 4.16. The Bertz CT molecular complexity index is 560. The van der Waals surface area contributed by atoms with E-state index in [1.165, 1.54) is 22.3 Å². The van der Waals surface area contributed by atoms with E-state index in [-0.39, 0.29) is 39.5 Å². The third kappa shape index (κ3) is 7.29. The largest absolute Gasteiger partial charge is 0.508 e. The van der Waals surface area contributed by atoms with Gasteiger partial charge in [-0.15, -0.1) is 19.3 Å². The Morgan fingerprint density at radius 1 is 1.00 bits per heavy atom. The number of hydrogen-bond acceptors (Lipinski definition) is 1. The van der Waals surface area contributed by atoms with Gasteiger partial charge < -0.3 is 5.11 Å². The van der Waals surface area contributed by atoms with Crippen molar-refractivity contribution >= 4 is 12.4 Å². The van der Waals surface area contributed by atoms with Crippen LogP contribution in [0.4, 0.5) is 0 Å². The number of hydrogen-bond donors (Lipinski definition) is 1. The normalized spacial score (nSPS) is 16.7. The van der Waals surface area contributed by atoms with Crippen LogP contribution in [-0.2, 0) is 27.1 Å². The van der Waals surface area contributed by atoms with Gasteiger partial charge in [-0.05, 0) is 35.6 Å². The molecular weight excluding hydrogens is 340 g/mol. The summed E-state index contributed by atoms with van der Waals surface area (Å²) in [4.78, 5) is 0. The minimum Gasteiger partial charge on any atom is -0.508 e. The summed E-state index contributed by atoms with van der Waals surface area (Å²) in [5.74, 6) is 0.921. The van der Waals surface area contributed by atoms with E-state index >= 15 is 0 Å². The number of allylic oxidation sites excluding steroid dienone is 4. The first kappa shape index (κ1) is 24.8. The first-order valence-electron chi connectivity index (χ1n) is 7.61. The fraction of sp³-hybridized carbons (Fsp3) is 0.500. The van der Waals surface area contributed by atoms with Crippen LogP contribution in [0.2, 0.25) is 0 Å². The summed E-state index contributed by atoms with van der Waals surface area (Å²) in [6, 6.07) is 5.71. The van der Waals surface area contributed by atoms with E-state index in [2.05, 4.69) is 60.6 Å². The maximum absolute atomic E-state index is 9.36. The molecule has 1 nitrogen and oxygen atoms in total. The van der Waals surface area contributed by atoms with E-state index in [0.29, 0.717) is 11.7 Å². The van der Waals surface area contributed by atoms with Gasteiger partial charge in [0.1, 0.15) is 5.75 Å². The molecule has 0 amide bonds. The number of phenols is 1. The van der Waals surface area contributed by atoms with Crippen LogP contribution in [0.25, 0.3) is 0 Å². The smallest absolute Gasteiger partial charge is 0.116 e. The summed E-state index contributed by atoms with van der Waals surface area (Å²) in [6.07, 6.45) is 3.36. The van der Waals surface area contributed by atoms with Gasteiger partial charge in [-0.1, -0.05) is 53.5 Å². The van der Waals surface area contributed by atoms with Gasteiger partial charge in [0.15, 0.2) is 0 Å². The van der Waals surface area contributed by atoms with Crippen LogP contribution in [0.1, 0.15) is 59.6 Å². The monoisotopic (exact) mass is 369 g/mol. The molecule has 0 saturated heterocycles. The second-order valence-electron chi connectivity index (χ2n) is 7.11. The van der Waals surface area contributed by atoms with Crippen LogP contribution in [-0.4, -0.2) is 5.11 Å². The topological polar surface area (TPSA) is 20.2 Å². The first-order chi connectivity index (χ1) is 9.52. The van der Waals surface area contributed by atoms with Crippen molar-refractivity contribution in [3.63, 3.8) is 0 Å². The molecule has 128 valence electrons. The molecule has 0 bridgehead atoms. The van der Waals surface area contributed by atoms with Gasteiger partial charge in [0.25, 0.3) is 0 Å². The average molecular weight is 370 g/mol. The zero-order valence-corrected chi connectivity index (χ0v) is 18.0. The first-order valence-corrected chi connectivity index (χ1v) is 7.61. The van der Waals surface area contributed by atoms with Crippen molar-refractivity contribution in [3.05, 3.63) is 52.1 Å². The number of aryl methyl sites for hydroxylation is 1. The Morgan fingerprint density at radius 2 is 1.52 bits per heavy atom. The maximum Gasteiger partial charge on any atom is 0.116 e. The minimum atomic E-state index is 0. The summed E-state index contributed by atoms with van der Waals surface area (Å²) >= 11 is 0. The molecule has 1 aromatic carbocycles. The summed E-state index contributed by atoms with van der Waals surface area (Å²) < 4.78 is 0. The summed E-state index contributed by atoms with van der Waals surface area (Å²) in [7, 11) is 0. The Kier molecular flexibility index (Phi) is 10.5. The van der Waals surface area contributed by atoms with Gasteiger partial charge in [-0.2, -0.15) is 11.1 Å². The molecular formula is C20H30ClOTi-. The number of aromatic hydroxyl groups is 1. The van der Waals surface area contributed by atoms with Crippen LogP contribution in [0.5, 0.6) is 5.75 Å². The predicted octanol–water partition coefficient (Wildman–Crippen LogP) is 6.14. The van der Waals surface area contributed by atoms with E-state index in [4.69, 9.17) is 0 Å². The van der Waals surface area contributed by atoms with E-state index < -0.39 is 0 Å². The van der Waals surface area contributed by atoms with Gasteiger partial charge in [-0.25, -0.2) is 5.57 Å². The van der Waals surface area contributed by atoms with Crippen molar-refractivity contribution in [1.82, 2.24) is 0 Å². The maximum atomic E-state index is 9.36. The SMILES string of the molecule is CC1=[C-]C(C)C(C)=C1C.Cc1cc(O)cc(C(C)(C)C)c1.Cl.[Ti]. The van der Waals surface area contributed by atoms with Crippen molar-refractivity contribution in [2.45, 2.75) is 60.8 Å². The van der Waals surface area contributed by atoms with Crippen molar-refractivity contribution in [3.8, 4) is 5.75 Å². The molecule has 1 aliphatic rings. The van der Waals surface area contributed by atoms with E-state index in [1.807, 2.05) is 13.0 Å². The molecule has 0 fully saturated rings. The molecule has 1 N–H and O–H groups in total. The second kappa shape index (κ2) is 9.72. The van der Waals surface area contributed by atoms with E-state index in [0.717, 1.165) is 5.56 Å². The predicted molar refractivity (Wildman–Crippen MR) is 98.8 cm³/mol. The molecule has 0 spiro atoms. The fourth-order valence-electron chi connectivity index (χ4n) is 2.36. The van der Waals surface area contributed by atoms with Crippen molar-refractivity contribution < 1.29 is 26.8 Å². The summed E-state index contributed by atoms with van der Waals surface area (Å²) in [5, 5.41) is 9.36. The molecule has 1 aliphatic carbocycles. The van der Waals surface area contributed by atoms with Gasteiger partial charge in [-0.3, -0.25) is 6.08 Å².